The van der Waals surface area contributed by atoms with Gasteiger partial charge in [0.1, 0.15) is 11.6 Å². The van der Waals surface area contributed by atoms with Crippen LogP contribution in [0.3, 0.4) is 0 Å². The van der Waals surface area contributed by atoms with Gasteiger partial charge in [-0.3, -0.25) is 4.57 Å². The van der Waals surface area contributed by atoms with Crippen molar-refractivity contribution in [2.24, 2.45) is 0 Å². The SMILES string of the molecule is CC1(c2nnc(CBr)n2-c2ccccc2)CCCCC1. The van der Waals surface area contributed by atoms with Gasteiger partial charge in [-0.2, -0.15) is 0 Å². The molecule has 1 aliphatic rings. The summed E-state index contributed by atoms with van der Waals surface area (Å²) in [5, 5.41) is 9.67. The van der Waals surface area contributed by atoms with Crippen molar-refractivity contribution in [1.82, 2.24) is 14.8 Å². The molecule has 1 aromatic heterocycles. The van der Waals surface area contributed by atoms with Crippen LogP contribution in [0.15, 0.2) is 30.3 Å². The van der Waals surface area contributed by atoms with Crippen LogP contribution in [0, 0.1) is 0 Å². The van der Waals surface area contributed by atoms with Gasteiger partial charge in [0.15, 0.2) is 0 Å². The van der Waals surface area contributed by atoms with Gasteiger partial charge in [-0.05, 0) is 25.0 Å². The molecule has 1 heterocycles. The molecular formula is C16H20BrN3. The van der Waals surface area contributed by atoms with E-state index in [1.807, 2.05) is 6.07 Å². The first-order valence-corrected chi connectivity index (χ1v) is 8.43. The van der Waals surface area contributed by atoms with Gasteiger partial charge >= 0.3 is 0 Å². The Morgan fingerprint density at radius 3 is 2.45 bits per heavy atom. The van der Waals surface area contributed by atoms with E-state index in [2.05, 4.69) is 61.9 Å². The molecule has 0 aliphatic heterocycles. The van der Waals surface area contributed by atoms with Gasteiger partial charge in [0.2, 0.25) is 0 Å². The van der Waals surface area contributed by atoms with E-state index in [-0.39, 0.29) is 5.41 Å². The van der Waals surface area contributed by atoms with Gasteiger partial charge in [0.05, 0.1) is 5.33 Å². The number of hydrogen-bond acceptors (Lipinski definition) is 2. The van der Waals surface area contributed by atoms with E-state index in [1.54, 1.807) is 0 Å². The van der Waals surface area contributed by atoms with Crippen molar-refractivity contribution in [3.63, 3.8) is 0 Å². The molecule has 2 aromatic rings. The Labute approximate surface area is 128 Å². The zero-order chi connectivity index (χ0) is 14.0. The Bertz CT molecular complexity index is 571. The number of para-hydroxylation sites is 1. The van der Waals surface area contributed by atoms with Crippen molar-refractivity contribution < 1.29 is 0 Å². The Morgan fingerprint density at radius 2 is 1.80 bits per heavy atom. The van der Waals surface area contributed by atoms with Gasteiger partial charge in [0, 0.05) is 11.1 Å². The molecule has 3 rings (SSSR count). The fraction of sp³-hybridized carbons (Fsp3) is 0.500. The summed E-state index contributed by atoms with van der Waals surface area (Å²) < 4.78 is 2.24. The number of alkyl halides is 1. The van der Waals surface area contributed by atoms with E-state index < -0.39 is 0 Å². The molecule has 0 saturated heterocycles. The quantitative estimate of drug-likeness (QED) is 0.780. The van der Waals surface area contributed by atoms with Crippen molar-refractivity contribution in [3.8, 4) is 5.69 Å². The second kappa shape index (κ2) is 5.68. The van der Waals surface area contributed by atoms with Gasteiger partial charge in [-0.1, -0.05) is 60.3 Å². The molecule has 3 nitrogen and oxygen atoms in total. The minimum absolute atomic E-state index is 0.154. The minimum atomic E-state index is 0.154. The molecule has 106 valence electrons. The third kappa shape index (κ3) is 2.41. The third-order valence-electron chi connectivity index (χ3n) is 4.36. The predicted octanol–water partition coefficient (Wildman–Crippen LogP) is 4.38. The standard InChI is InChI=1S/C16H20BrN3/c1-16(10-6-3-7-11-16)15-19-18-14(12-17)20(15)13-8-4-2-5-9-13/h2,4-5,8-9H,3,6-7,10-12H2,1H3. The number of nitrogens with zero attached hydrogens (tertiary/aromatic N) is 3. The summed E-state index contributed by atoms with van der Waals surface area (Å²) in [6, 6.07) is 10.4. The molecule has 1 aromatic carbocycles. The Balaban J connectivity index is 2.10. The van der Waals surface area contributed by atoms with Crippen molar-refractivity contribution >= 4 is 15.9 Å². The third-order valence-corrected chi connectivity index (χ3v) is 4.86. The minimum Gasteiger partial charge on any atom is -0.282 e. The molecule has 4 heteroatoms. The number of halogens is 1. The van der Waals surface area contributed by atoms with Crippen LogP contribution >= 0.6 is 15.9 Å². The molecule has 0 amide bonds. The van der Waals surface area contributed by atoms with Crippen LogP contribution in [0.5, 0.6) is 0 Å². The summed E-state index contributed by atoms with van der Waals surface area (Å²) in [4.78, 5) is 0. The van der Waals surface area contributed by atoms with Crippen LogP contribution in [0.2, 0.25) is 0 Å². The zero-order valence-electron chi connectivity index (χ0n) is 11.8. The lowest BCUT2D eigenvalue weighted by Crippen LogP contribution is -2.29. The Kier molecular flexibility index (Phi) is 3.92. The molecular weight excluding hydrogens is 314 g/mol. The summed E-state index contributed by atoms with van der Waals surface area (Å²) in [5.74, 6) is 2.11. The summed E-state index contributed by atoms with van der Waals surface area (Å²) in [6.07, 6.45) is 6.35. The average Bonchev–Trinajstić information content (AvgIpc) is 2.93. The highest BCUT2D eigenvalue weighted by Gasteiger charge is 2.34. The highest BCUT2D eigenvalue weighted by molar-refractivity contribution is 9.08. The molecule has 0 N–H and O–H groups in total. The summed E-state index contributed by atoms with van der Waals surface area (Å²) in [7, 11) is 0. The first kappa shape index (κ1) is 13.8. The maximum absolute atomic E-state index is 4.54. The second-order valence-electron chi connectivity index (χ2n) is 5.87. The molecule has 1 aliphatic carbocycles. The lowest BCUT2D eigenvalue weighted by Gasteiger charge is -2.33. The van der Waals surface area contributed by atoms with Gasteiger partial charge in [0.25, 0.3) is 0 Å². The largest absolute Gasteiger partial charge is 0.282 e. The molecule has 20 heavy (non-hydrogen) atoms. The first-order valence-electron chi connectivity index (χ1n) is 7.31. The van der Waals surface area contributed by atoms with Crippen LogP contribution in [0.4, 0.5) is 0 Å². The van der Waals surface area contributed by atoms with Crippen molar-refractivity contribution in [2.75, 3.05) is 0 Å². The lowest BCUT2D eigenvalue weighted by molar-refractivity contribution is 0.300. The van der Waals surface area contributed by atoms with E-state index in [9.17, 15) is 0 Å². The highest BCUT2D eigenvalue weighted by atomic mass is 79.9. The van der Waals surface area contributed by atoms with E-state index in [4.69, 9.17) is 0 Å². The van der Waals surface area contributed by atoms with Crippen molar-refractivity contribution in [3.05, 3.63) is 42.0 Å². The molecule has 0 spiro atoms. The molecule has 0 bridgehead atoms. The second-order valence-corrected chi connectivity index (χ2v) is 6.43. The Hall–Kier alpha value is -1.16. The van der Waals surface area contributed by atoms with Crippen molar-refractivity contribution in [2.45, 2.75) is 49.8 Å². The lowest BCUT2D eigenvalue weighted by atomic mass is 9.75. The smallest absolute Gasteiger partial charge is 0.148 e. The van der Waals surface area contributed by atoms with Crippen LogP contribution in [0.1, 0.15) is 50.7 Å². The van der Waals surface area contributed by atoms with Crippen molar-refractivity contribution in [1.29, 1.82) is 0 Å². The van der Waals surface area contributed by atoms with Crippen LogP contribution in [0.25, 0.3) is 5.69 Å². The van der Waals surface area contributed by atoms with Crippen LogP contribution in [-0.2, 0) is 10.7 Å². The number of rotatable bonds is 3. The zero-order valence-corrected chi connectivity index (χ0v) is 13.4. The van der Waals surface area contributed by atoms with E-state index in [0.717, 1.165) is 22.7 Å². The first-order chi connectivity index (χ1) is 9.74. The summed E-state index contributed by atoms with van der Waals surface area (Å²) in [6.45, 7) is 2.34. The van der Waals surface area contributed by atoms with Crippen LogP contribution in [-0.4, -0.2) is 14.8 Å². The topological polar surface area (TPSA) is 30.7 Å². The van der Waals surface area contributed by atoms with Crippen LogP contribution < -0.4 is 0 Å². The monoisotopic (exact) mass is 333 g/mol. The molecule has 0 atom stereocenters. The molecule has 1 fully saturated rings. The number of benzene rings is 1. The molecule has 0 unspecified atom stereocenters. The van der Waals surface area contributed by atoms with E-state index >= 15 is 0 Å². The van der Waals surface area contributed by atoms with E-state index in [0.29, 0.717) is 0 Å². The fourth-order valence-corrected chi connectivity index (χ4v) is 3.56. The fourth-order valence-electron chi connectivity index (χ4n) is 3.20. The Morgan fingerprint density at radius 1 is 1.10 bits per heavy atom. The summed E-state index contributed by atoms with van der Waals surface area (Å²) in [5.41, 5.74) is 1.32. The highest BCUT2D eigenvalue weighted by Crippen LogP contribution is 2.39. The van der Waals surface area contributed by atoms with Gasteiger partial charge in [-0.15, -0.1) is 10.2 Å². The molecule has 0 radical (unpaired) electrons. The maximum Gasteiger partial charge on any atom is 0.148 e. The summed E-state index contributed by atoms with van der Waals surface area (Å²) >= 11 is 3.54. The number of hydrogen-bond donors (Lipinski definition) is 0. The molecule has 1 saturated carbocycles. The number of aromatic nitrogens is 3. The normalized spacial score (nSPS) is 18.1. The van der Waals surface area contributed by atoms with E-state index in [1.165, 1.54) is 32.1 Å². The van der Waals surface area contributed by atoms with Gasteiger partial charge < -0.3 is 0 Å². The average molecular weight is 334 g/mol. The van der Waals surface area contributed by atoms with Gasteiger partial charge in [-0.25, -0.2) is 0 Å². The maximum atomic E-state index is 4.54. The predicted molar refractivity (Wildman–Crippen MR) is 84.4 cm³/mol.